The van der Waals surface area contributed by atoms with Gasteiger partial charge in [0.15, 0.2) is 0 Å². The zero-order valence-corrected chi connectivity index (χ0v) is 10.3. The summed E-state index contributed by atoms with van der Waals surface area (Å²) >= 11 is 0. The first-order valence-electron chi connectivity index (χ1n) is 6.18. The van der Waals surface area contributed by atoms with Crippen molar-refractivity contribution in [2.75, 3.05) is 0 Å². The van der Waals surface area contributed by atoms with Gasteiger partial charge in [-0.05, 0) is 31.1 Å². The number of carbonyl (C=O) groups is 1. The molecule has 1 saturated carbocycles. The SMILES string of the molecule is CC1CCC(n2cc(CC(=O)O)nn2)CC1C. The van der Waals surface area contributed by atoms with E-state index in [1.165, 1.54) is 6.42 Å². The second kappa shape index (κ2) is 4.85. The zero-order valence-electron chi connectivity index (χ0n) is 10.3. The van der Waals surface area contributed by atoms with Crippen LogP contribution in [0.15, 0.2) is 6.20 Å². The molecule has 1 aromatic heterocycles. The quantitative estimate of drug-likeness (QED) is 0.871. The highest BCUT2D eigenvalue weighted by atomic mass is 16.4. The lowest BCUT2D eigenvalue weighted by molar-refractivity contribution is -0.136. The summed E-state index contributed by atoms with van der Waals surface area (Å²) in [5.41, 5.74) is 0.545. The highest BCUT2D eigenvalue weighted by Gasteiger charge is 2.26. The molecule has 3 unspecified atom stereocenters. The van der Waals surface area contributed by atoms with Gasteiger partial charge in [-0.15, -0.1) is 5.10 Å². The lowest BCUT2D eigenvalue weighted by atomic mass is 9.79. The van der Waals surface area contributed by atoms with Crippen LogP contribution in [0.1, 0.15) is 44.8 Å². The van der Waals surface area contributed by atoms with Crippen molar-refractivity contribution in [3.05, 3.63) is 11.9 Å². The maximum atomic E-state index is 10.6. The van der Waals surface area contributed by atoms with Crippen molar-refractivity contribution in [3.63, 3.8) is 0 Å². The largest absolute Gasteiger partial charge is 0.481 e. The summed E-state index contributed by atoms with van der Waals surface area (Å²) in [7, 11) is 0. The molecule has 1 fully saturated rings. The minimum absolute atomic E-state index is 0.0430. The van der Waals surface area contributed by atoms with Crippen molar-refractivity contribution >= 4 is 5.97 Å². The van der Waals surface area contributed by atoms with Crippen LogP contribution in [-0.2, 0) is 11.2 Å². The van der Waals surface area contributed by atoms with Gasteiger partial charge in [0.25, 0.3) is 0 Å². The highest BCUT2D eigenvalue weighted by molar-refractivity contribution is 5.69. The van der Waals surface area contributed by atoms with E-state index in [0.29, 0.717) is 17.7 Å². The number of rotatable bonds is 3. The molecule has 0 spiro atoms. The van der Waals surface area contributed by atoms with E-state index in [4.69, 9.17) is 5.11 Å². The third-order valence-electron chi connectivity index (χ3n) is 3.83. The van der Waals surface area contributed by atoms with Crippen LogP contribution < -0.4 is 0 Å². The zero-order chi connectivity index (χ0) is 12.4. The molecule has 1 aliphatic carbocycles. The fourth-order valence-electron chi connectivity index (χ4n) is 2.49. The van der Waals surface area contributed by atoms with Crippen molar-refractivity contribution < 1.29 is 9.90 Å². The molecule has 0 radical (unpaired) electrons. The van der Waals surface area contributed by atoms with Crippen LogP contribution in [-0.4, -0.2) is 26.1 Å². The van der Waals surface area contributed by atoms with Crippen molar-refractivity contribution in [2.45, 2.75) is 45.6 Å². The lowest BCUT2D eigenvalue weighted by Gasteiger charge is -2.31. The number of aliphatic carboxylic acids is 1. The average molecular weight is 237 g/mol. The van der Waals surface area contributed by atoms with Gasteiger partial charge in [-0.3, -0.25) is 4.79 Å². The Kier molecular flexibility index (Phi) is 3.45. The van der Waals surface area contributed by atoms with Gasteiger partial charge in [-0.25, -0.2) is 4.68 Å². The molecule has 0 aromatic carbocycles. The van der Waals surface area contributed by atoms with Gasteiger partial charge >= 0.3 is 5.97 Å². The van der Waals surface area contributed by atoms with Gasteiger partial charge in [0.2, 0.25) is 0 Å². The summed E-state index contributed by atoms with van der Waals surface area (Å²) in [6.07, 6.45) is 5.17. The minimum atomic E-state index is -0.859. The van der Waals surface area contributed by atoms with Crippen LogP contribution in [0, 0.1) is 11.8 Å². The Bertz CT molecular complexity index is 402. The average Bonchev–Trinajstić information content (AvgIpc) is 2.69. The summed E-state index contributed by atoms with van der Waals surface area (Å²) in [6.45, 7) is 4.56. The molecular formula is C12H19N3O2. The standard InChI is InChI=1S/C12H19N3O2/c1-8-3-4-11(5-9(8)2)15-7-10(13-14-15)6-12(16)17/h7-9,11H,3-6H2,1-2H3,(H,16,17). The fourth-order valence-corrected chi connectivity index (χ4v) is 2.49. The molecule has 5 heteroatoms. The molecule has 17 heavy (non-hydrogen) atoms. The maximum absolute atomic E-state index is 10.6. The smallest absolute Gasteiger partial charge is 0.309 e. The van der Waals surface area contributed by atoms with Gasteiger partial charge in [0.05, 0.1) is 18.2 Å². The number of aromatic nitrogens is 3. The summed E-state index contributed by atoms with van der Waals surface area (Å²) < 4.78 is 1.85. The molecule has 1 aromatic rings. The van der Waals surface area contributed by atoms with E-state index in [0.717, 1.165) is 18.8 Å². The molecule has 0 amide bonds. The molecule has 2 rings (SSSR count). The van der Waals surface area contributed by atoms with Gasteiger partial charge in [-0.1, -0.05) is 19.1 Å². The Morgan fingerprint density at radius 1 is 1.47 bits per heavy atom. The number of hydrogen-bond acceptors (Lipinski definition) is 3. The van der Waals surface area contributed by atoms with Crippen LogP contribution in [0.4, 0.5) is 0 Å². The van der Waals surface area contributed by atoms with Crippen LogP contribution in [0.5, 0.6) is 0 Å². The second-order valence-electron chi connectivity index (χ2n) is 5.18. The highest BCUT2D eigenvalue weighted by Crippen LogP contribution is 2.35. The van der Waals surface area contributed by atoms with E-state index in [1.54, 1.807) is 6.20 Å². The Morgan fingerprint density at radius 2 is 2.24 bits per heavy atom. The molecular weight excluding hydrogens is 218 g/mol. The Balaban J connectivity index is 2.02. The van der Waals surface area contributed by atoms with Crippen LogP contribution >= 0.6 is 0 Å². The summed E-state index contributed by atoms with van der Waals surface area (Å²) in [4.78, 5) is 10.6. The van der Waals surface area contributed by atoms with E-state index in [2.05, 4.69) is 24.2 Å². The van der Waals surface area contributed by atoms with Crippen LogP contribution in [0.3, 0.4) is 0 Å². The van der Waals surface area contributed by atoms with E-state index >= 15 is 0 Å². The van der Waals surface area contributed by atoms with E-state index in [1.807, 2.05) is 4.68 Å². The van der Waals surface area contributed by atoms with Crippen LogP contribution in [0.2, 0.25) is 0 Å². The first-order chi connectivity index (χ1) is 8.06. The number of carboxylic acids is 1. The molecule has 0 bridgehead atoms. The predicted octanol–water partition coefficient (Wildman–Crippen LogP) is 1.90. The van der Waals surface area contributed by atoms with Crippen molar-refractivity contribution in [2.24, 2.45) is 11.8 Å². The van der Waals surface area contributed by atoms with Gasteiger partial charge < -0.3 is 5.11 Å². The van der Waals surface area contributed by atoms with Crippen molar-refractivity contribution in [1.29, 1.82) is 0 Å². The summed E-state index contributed by atoms with van der Waals surface area (Å²) in [6, 6.07) is 0.385. The van der Waals surface area contributed by atoms with Gasteiger partial charge in [0, 0.05) is 6.20 Å². The van der Waals surface area contributed by atoms with Crippen molar-refractivity contribution in [1.82, 2.24) is 15.0 Å². The normalized spacial score (nSPS) is 29.2. The third kappa shape index (κ3) is 2.84. The Morgan fingerprint density at radius 3 is 2.88 bits per heavy atom. The fraction of sp³-hybridized carbons (Fsp3) is 0.750. The predicted molar refractivity (Wildman–Crippen MR) is 62.6 cm³/mol. The van der Waals surface area contributed by atoms with Crippen molar-refractivity contribution in [3.8, 4) is 0 Å². The van der Waals surface area contributed by atoms with E-state index < -0.39 is 5.97 Å². The molecule has 1 aliphatic rings. The molecule has 0 saturated heterocycles. The Labute approximate surface area is 101 Å². The third-order valence-corrected chi connectivity index (χ3v) is 3.83. The Hall–Kier alpha value is -1.39. The maximum Gasteiger partial charge on any atom is 0.309 e. The van der Waals surface area contributed by atoms with E-state index in [-0.39, 0.29) is 6.42 Å². The lowest BCUT2D eigenvalue weighted by Crippen LogP contribution is -2.23. The topological polar surface area (TPSA) is 68.0 Å². The molecule has 1 heterocycles. The number of nitrogens with zero attached hydrogens (tertiary/aromatic N) is 3. The molecule has 94 valence electrons. The first kappa shape index (κ1) is 12.1. The molecule has 0 aliphatic heterocycles. The monoisotopic (exact) mass is 237 g/mol. The van der Waals surface area contributed by atoms with E-state index in [9.17, 15) is 4.79 Å². The number of carboxylic acid groups (broad SMARTS) is 1. The summed E-state index contributed by atoms with van der Waals surface area (Å²) in [5, 5.41) is 16.6. The summed E-state index contributed by atoms with van der Waals surface area (Å²) in [5.74, 6) is 0.608. The van der Waals surface area contributed by atoms with Gasteiger partial charge in [-0.2, -0.15) is 0 Å². The molecule has 1 N–H and O–H groups in total. The minimum Gasteiger partial charge on any atom is -0.481 e. The van der Waals surface area contributed by atoms with Crippen LogP contribution in [0.25, 0.3) is 0 Å². The molecule has 5 nitrogen and oxygen atoms in total. The second-order valence-corrected chi connectivity index (χ2v) is 5.18. The molecule has 3 atom stereocenters. The first-order valence-corrected chi connectivity index (χ1v) is 6.18. The van der Waals surface area contributed by atoms with Gasteiger partial charge in [0.1, 0.15) is 0 Å². The number of hydrogen-bond donors (Lipinski definition) is 1.